The SMILES string of the molecule is C#CC(=C/C)/C(=C\CC)C(F)(F)F. The van der Waals surface area contributed by atoms with E-state index in [9.17, 15) is 13.2 Å². The van der Waals surface area contributed by atoms with Crippen molar-refractivity contribution in [2.45, 2.75) is 26.4 Å². The van der Waals surface area contributed by atoms with Crippen LogP contribution < -0.4 is 0 Å². The Kier molecular flexibility index (Phi) is 4.33. The van der Waals surface area contributed by atoms with Gasteiger partial charge in [-0.25, -0.2) is 0 Å². The molecule has 0 aliphatic carbocycles. The number of hydrogen-bond donors (Lipinski definition) is 0. The molecule has 0 aliphatic rings. The Morgan fingerprint density at radius 1 is 1.46 bits per heavy atom. The molecule has 0 bridgehead atoms. The first kappa shape index (κ1) is 11.8. The Morgan fingerprint density at radius 2 is 2.00 bits per heavy atom. The minimum absolute atomic E-state index is 0.102. The van der Waals surface area contributed by atoms with Crippen LogP contribution in [0.15, 0.2) is 23.3 Å². The zero-order valence-electron chi connectivity index (χ0n) is 7.57. The molecule has 3 heteroatoms. The van der Waals surface area contributed by atoms with Crippen molar-refractivity contribution >= 4 is 0 Å². The lowest BCUT2D eigenvalue weighted by Crippen LogP contribution is -2.13. The van der Waals surface area contributed by atoms with Crippen LogP contribution >= 0.6 is 0 Å². The van der Waals surface area contributed by atoms with Crippen molar-refractivity contribution < 1.29 is 13.2 Å². The highest BCUT2D eigenvalue weighted by molar-refractivity contribution is 5.46. The van der Waals surface area contributed by atoms with Gasteiger partial charge in [0.1, 0.15) is 0 Å². The van der Waals surface area contributed by atoms with Crippen LogP contribution in [0.5, 0.6) is 0 Å². The minimum atomic E-state index is -4.36. The zero-order chi connectivity index (χ0) is 10.5. The number of halogens is 3. The number of terminal acetylenes is 1. The molecular weight excluding hydrogens is 177 g/mol. The first-order valence-corrected chi connectivity index (χ1v) is 3.88. The molecule has 0 spiro atoms. The standard InChI is InChI=1S/C10H11F3/c1-4-7-9(10(11,12)13)8(5-2)6-3/h2,6-7H,4H2,1,3H3/b8-6-,9-7+. The largest absolute Gasteiger partial charge is 0.417 e. The van der Waals surface area contributed by atoms with Crippen molar-refractivity contribution in [1.82, 2.24) is 0 Å². The summed E-state index contributed by atoms with van der Waals surface area (Å²) in [6.07, 6.45) is 3.29. The monoisotopic (exact) mass is 188 g/mol. The molecule has 0 N–H and O–H groups in total. The Balaban J connectivity index is 5.09. The number of hydrogen-bond acceptors (Lipinski definition) is 0. The first-order valence-electron chi connectivity index (χ1n) is 3.88. The van der Waals surface area contributed by atoms with Crippen LogP contribution in [0.3, 0.4) is 0 Å². The average molecular weight is 188 g/mol. The highest BCUT2D eigenvalue weighted by Gasteiger charge is 2.34. The van der Waals surface area contributed by atoms with Crippen LogP contribution in [0.1, 0.15) is 20.3 Å². The highest BCUT2D eigenvalue weighted by Crippen LogP contribution is 2.31. The van der Waals surface area contributed by atoms with E-state index in [1.807, 2.05) is 5.92 Å². The summed E-state index contributed by atoms with van der Waals surface area (Å²) >= 11 is 0. The van der Waals surface area contributed by atoms with Crippen LogP contribution in [-0.4, -0.2) is 6.18 Å². The second-order valence-electron chi connectivity index (χ2n) is 2.37. The molecule has 0 fully saturated rings. The summed E-state index contributed by atoms with van der Waals surface area (Å²) in [7, 11) is 0. The lowest BCUT2D eigenvalue weighted by molar-refractivity contribution is -0.0891. The van der Waals surface area contributed by atoms with Crippen molar-refractivity contribution in [2.75, 3.05) is 0 Å². The van der Waals surface area contributed by atoms with Gasteiger partial charge in [0.05, 0.1) is 5.57 Å². The molecule has 0 unspecified atom stereocenters. The molecule has 13 heavy (non-hydrogen) atoms. The van der Waals surface area contributed by atoms with E-state index in [1.54, 1.807) is 6.92 Å². The van der Waals surface area contributed by atoms with Gasteiger partial charge in [-0.2, -0.15) is 13.2 Å². The van der Waals surface area contributed by atoms with Crippen LogP contribution in [0.2, 0.25) is 0 Å². The lowest BCUT2D eigenvalue weighted by atomic mass is 10.1. The Bertz CT molecular complexity index is 261. The maximum Gasteiger partial charge on any atom is 0.417 e. The topological polar surface area (TPSA) is 0 Å². The van der Waals surface area contributed by atoms with E-state index < -0.39 is 11.7 Å². The molecule has 72 valence electrons. The molecular formula is C10H11F3. The van der Waals surface area contributed by atoms with E-state index in [2.05, 4.69) is 0 Å². The van der Waals surface area contributed by atoms with Crippen LogP contribution in [0.4, 0.5) is 13.2 Å². The quantitative estimate of drug-likeness (QED) is 0.459. The summed E-state index contributed by atoms with van der Waals surface area (Å²) in [5.74, 6) is 2.02. The average Bonchev–Trinajstić information content (AvgIpc) is 2.03. The molecule has 0 aromatic rings. The molecule has 0 aromatic heterocycles. The van der Waals surface area contributed by atoms with Gasteiger partial charge in [0.25, 0.3) is 0 Å². The second-order valence-corrected chi connectivity index (χ2v) is 2.37. The van der Waals surface area contributed by atoms with Crippen molar-refractivity contribution in [3.8, 4) is 12.3 Å². The van der Waals surface area contributed by atoms with Crippen LogP contribution in [0.25, 0.3) is 0 Å². The van der Waals surface area contributed by atoms with Gasteiger partial charge in [0.2, 0.25) is 0 Å². The van der Waals surface area contributed by atoms with E-state index in [0.717, 1.165) is 6.08 Å². The maximum absolute atomic E-state index is 12.3. The minimum Gasteiger partial charge on any atom is -0.166 e. The van der Waals surface area contributed by atoms with Gasteiger partial charge in [-0.1, -0.05) is 25.0 Å². The molecule has 0 saturated heterocycles. The van der Waals surface area contributed by atoms with E-state index >= 15 is 0 Å². The predicted octanol–water partition coefficient (Wildman–Crippen LogP) is 3.46. The third kappa shape index (κ3) is 3.37. The van der Waals surface area contributed by atoms with Gasteiger partial charge >= 0.3 is 6.18 Å². The van der Waals surface area contributed by atoms with Gasteiger partial charge < -0.3 is 0 Å². The predicted molar refractivity (Wildman–Crippen MR) is 47.0 cm³/mol. The van der Waals surface area contributed by atoms with E-state index in [0.29, 0.717) is 6.42 Å². The van der Waals surface area contributed by atoms with Gasteiger partial charge in [-0.05, 0) is 13.3 Å². The van der Waals surface area contributed by atoms with Crippen molar-refractivity contribution in [3.63, 3.8) is 0 Å². The van der Waals surface area contributed by atoms with Gasteiger partial charge in [-0.15, -0.1) is 6.42 Å². The van der Waals surface area contributed by atoms with Gasteiger partial charge in [0.15, 0.2) is 0 Å². The summed E-state index contributed by atoms with van der Waals surface area (Å²) < 4.78 is 37.0. The van der Waals surface area contributed by atoms with Gasteiger partial charge in [0, 0.05) is 5.57 Å². The highest BCUT2D eigenvalue weighted by atomic mass is 19.4. The molecule has 0 heterocycles. The van der Waals surface area contributed by atoms with E-state index in [-0.39, 0.29) is 5.57 Å². The summed E-state index contributed by atoms with van der Waals surface area (Å²) in [6, 6.07) is 0. The molecule has 0 atom stereocenters. The Labute approximate surface area is 76.1 Å². The van der Waals surface area contributed by atoms with Gasteiger partial charge in [-0.3, -0.25) is 0 Å². The number of allylic oxidation sites excluding steroid dienone is 4. The molecule has 0 rings (SSSR count). The van der Waals surface area contributed by atoms with E-state index in [4.69, 9.17) is 6.42 Å². The molecule has 0 saturated carbocycles. The Morgan fingerprint density at radius 3 is 2.23 bits per heavy atom. The van der Waals surface area contributed by atoms with Crippen molar-refractivity contribution in [2.24, 2.45) is 0 Å². The third-order valence-corrected chi connectivity index (χ3v) is 1.45. The van der Waals surface area contributed by atoms with Crippen LogP contribution in [0, 0.1) is 12.3 Å². The zero-order valence-corrected chi connectivity index (χ0v) is 7.57. The summed E-state index contributed by atoms with van der Waals surface area (Å²) in [4.78, 5) is 0. The molecule has 0 aromatic carbocycles. The third-order valence-electron chi connectivity index (χ3n) is 1.45. The fraction of sp³-hybridized carbons (Fsp3) is 0.400. The molecule has 0 nitrogen and oxygen atoms in total. The molecule has 0 aliphatic heterocycles. The van der Waals surface area contributed by atoms with E-state index in [1.165, 1.54) is 13.0 Å². The summed E-state index contributed by atoms with van der Waals surface area (Å²) in [6.45, 7) is 3.12. The summed E-state index contributed by atoms with van der Waals surface area (Å²) in [5.41, 5.74) is -0.825. The van der Waals surface area contributed by atoms with Crippen LogP contribution in [-0.2, 0) is 0 Å². The van der Waals surface area contributed by atoms with Crippen molar-refractivity contribution in [3.05, 3.63) is 23.3 Å². The lowest BCUT2D eigenvalue weighted by Gasteiger charge is -2.10. The molecule has 0 radical (unpaired) electrons. The van der Waals surface area contributed by atoms with Crippen molar-refractivity contribution in [1.29, 1.82) is 0 Å². The first-order chi connectivity index (χ1) is 5.97. The molecule has 0 amide bonds. The second kappa shape index (κ2) is 4.76. The summed E-state index contributed by atoms with van der Waals surface area (Å²) in [5, 5.41) is 0. The fourth-order valence-corrected chi connectivity index (χ4v) is 0.899. The maximum atomic E-state index is 12.3. The smallest absolute Gasteiger partial charge is 0.166 e. The fourth-order valence-electron chi connectivity index (χ4n) is 0.899. The normalized spacial score (nSPS) is 14.2. The number of alkyl halides is 3. The Hall–Kier alpha value is -1.17. The number of rotatable bonds is 2.